The third kappa shape index (κ3) is 4.98. The number of nitrogens with zero attached hydrogens (tertiary/aromatic N) is 2. The molecule has 0 aliphatic carbocycles. The van der Waals surface area contributed by atoms with Gasteiger partial charge in [0.1, 0.15) is 11.9 Å². The standard InChI is InChI=1S/C28H27Cl2FN4O3/c1-14(2)37-28(36)35-9-8-22-19(13-35)18-5-4-16(10-23(18)34-22)17-11-24(27(32)33-12-17)38-15(3)25-20(29)6-7-21(31)26(25)30/h4-7,10-12,14-15,34H,8-9,13H2,1-3H3,(H2,32,33)/t15-/m1/s1. The van der Waals surface area contributed by atoms with Crippen molar-refractivity contribution in [3.8, 4) is 16.9 Å². The van der Waals surface area contributed by atoms with Crippen LogP contribution in [0.3, 0.4) is 0 Å². The van der Waals surface area contributed by atoms with Gasteiger partial charge in [0.05, 0.1) is 17.7 Å². The van der Waals surface area contributed by atoms with Crippen molar-refractivity contribution >= 4 is 46.0 Å². The first-order chi connectivity index (χ1) is 18.1. The molecule has 10 heteroatoms. The molecule has 2 aromatic carbocycles. The number of ether oxygens (including phenoxy) is 2. The second-order valence-corrected chi connectivity index (χ2v) is 10.4. The van der Waals surface area contributed by atoms with Gasteiger partial charge in [0.25, 0.3) is 0 Å². The van der Waals surface area contributed by atoms with Crippen molar-refractivity contribution in [3.63, 3.8) is 0 Å². The predicted molar refractivity (Wildman–Crippen MR) is 147 cm³/mol. The summed E-state index contributed by atoms with van der Waals surface area (Å²) in [6, 6.07) is 10.5. The van der Waals surface area contributed by atoms with Crippen LogP contribution in [0.25, 0.3) is 22.0 Å². The van der Waals surface area contributed by atoms with Gasteiger partial charge in [-0.15, -0.1) is 0 Å². The summed E-state index contributed by atoms with van der Waals surface area (Å²) in [5, 5.41) is 1.25. The van der Waals surface area contributed by atoms with Crippen molar-refractivity contribution in [1.82, 2.24) is 14.9 Å². The zero-order valence-corrected chi connectivity index (χ0v) is 22.7. The van der Waals surface area contributed by atoms with Crippen molar-refractivity contribution in [1.29, 1.82) is 0 Å². The van der Waals surface area contributed by atoms with Crippen LogP contribution in [0.5, 0.6) is 5.75 Å². The smallest absolute Gasteiger partial charge is 0.410 e. The van der Waals surface area contributed by atoms with Crippen LogP contribution < -0.4 is 10.5 Å². The first-order valence-corrected chi connectivity index (χ1v) is 13.0. The number of fused-ring (bicyclic) bond motifs is 3. The van der Waals surface area contributed by atoms with Gasteiger partial charge >= 0.3 is 6.09 Å². The number of carbonyl (C=O) groups is 1. The molecule has 1 aliphatic heterocycles. The highest BCUT2D eigenvalue weighted by molar-refractivity contribution is 6.36. The van der Waals surface area contributed by atoms with E-state index in [-0.39, 0.29) is 23.0 Å². The molecule has 1 aliphatic rings. The molecule has 4 aromatic rings. The van der Waals surface area contributed by atoms with Crippen LogP contribution in [0.2, 0.25) is 10.0 Å². The fourth-order valence-electron chi connectivity index (χ4n) is 4.71. The summed E-state index contributed by atoms with van der Waals surface area (Å²) >= 11 is 12.4. The zero-order valence-electron chi connectivity index (χ0n) is 21.1. The van der Waals surface area contributed by atoms with Crippen LogP contribution in [0.4, 0.5) is 15.0 Å². The third-order valence-corrected chi connectivity index (χ3v) is 7.29. The Morgan fingerprint density at radius 3 is 2.71 bits per heavy atom. The lowest BCUT2D eigenvalue weighted by molar-refractivity contribution is 0.0730. The molecule has 0 radical (unpaired) electrons. The predicted octanol–water partition coefficient (Wildman–Crippen LogP) is 7.30. The average Bonchev–Trinajstić information content (AvgIpc) is 3.24. The van der Waals surface area contributed by atoms with Crippen molar-refractivity contribution < 1.29 is 18.7 Å². The number of hydrogen-bond acceptors (Lipinski definition) is 5. The number of aromatic nitrogens is 2. The van der Waals surface area contributed by atoms with Crippen LogP contribution in [-0.2, 0) is 17.7 Å². The molecule has 0 fully saturated rings. The van der Waals surface area contributed by atoms with E-state index in [1.807, 2.05) is 32.0 Å². The Kier molecular flexibility index (Phi) is 7.11. The molecule has 0 unspecified atom stereocenters. The monoisotopic (exact) mass is 556 g/mol. The van der Waals surface area contributed by atoms with Gasteiger partial charge in [-0.05, 0) is 50.6 Å². The number of nitrogen functional groups attached to an aromatic ring is 1. The zero-order chi connectivity index (χ0) is 27.1. The average molecular weight is 557 g/mol. The first-order valence-electron chi connectivity index (χ1n) is 12.3. The molecule has 38 heavy (non-hydrogen) atoms. The van der Waals surface area contributed by atoms with Crippen LogP contribution in [0, 0.1) is 5.82 Å². The van der Waals surface area contributed by atoms with Gasteiger partial charge in [-0.25, -0.2) is 14.2 Å². The number of nitrogens with two attached hydrogens (primary N) is 1. The molecule has 1 amide bonds. The lowest BCUT2D eigenvalue weighted by atomic mass is 10.0. The van der Waals surface area contributed by atoms with Crippen LogP contribution in [0.1, 0.15) is 43.7 Å². The third-order valence-electron chi connectivity index (χ3n) is 6.57. The Morgan fingerprint density at radius 2 is 1.95 bits per heavy atom. The maximum absolute atomic E-state index is 14.0. The molecule has 198 valence electrons. The van der Waals surface area contributed by atoms with Gasteiger partial charge in [-0.1, -0.05) is 35.3 Å². The summed E-state index contributed by atoms with van der Waals surface area (Å²) in [7, 11) is 0. The molecule has 1 atom stereocenters. The number of hydrogen-bond donors (Lipinski definition) is 2. The van der Waals surface area contributed by atoms with E-state index in [4.69, 9.17) is 38.4 Å². The fourth-order valence-corrected chi connectivity index (χ4v) is 5.38. The van der Waals surface area contributed by atoms with Crippen molar-refractivity contribution in [2.75, 3.05) is 12.3 Å². The Balaban J connectivity index is 1.42. The summed E-state index contributed by atoms with van der Waals surface area (Å²) < 4.78 is 25.5. The molecule has 5 rings (SSSR count). The topological polar surface area (TPSA) is 93.5 Å². The number of aromatic amines is 1. The van der Waals surface area contributed by atoms with E-state index < -0.39 is 11.9 Å². The molecule has 0 saturated carbocycles. The number of nitrogens with one attached hydrogen (secondary N) is 1. The van der Waals surface area contributed by atoms with Crippen LogP contribution in [-0.4, -0.2) is 33.6 Å². The van der Waals surface area contributed by atoms with Gasteiger partial charge in [0.15, 0.2) is 11.6 Å². The Hall–Kier alpha value is -3.49. The van der Waals surface area contributed by atoms with E-state index in [9.17, 15) is 9.18 Å². The summed E-state index contributed by atoms with van der Waals surface area (Å²) in [6.07, 6.45) is 1.25. The maximum Gasteiger partial charge on any atom is 0.410 e. The number of carbonyl (C=O) groups excluding carboxylic acids is 1. The second-order valence-electron chi connectivity index (χ2n) is 9.57. The van der Waals surface area contributed by atoms with Gasteiger partial charge in [0.2, 0.25) is 0 Å². The van der Waals surface area contributed by atoms with E-state index in [0.29, 0.717) is 29.4 Å². The van der Waals surface area contributed by atoms with Gasteiger partial charge in [-0.2, -0.15) is 0 Å². The summed E-state index contributed by atoms with van der Waals surface area (Å²) in [5.74, 6) is -0.0612. The highest BCUT2D eigenvalue weighted by Crippen LogP contribution is 2.38. The molecule has 0 spiro atoms. The SMILES string of the molecule is CC(C)OC(=O)N1CCc2[nH]c3cc(-c4cnc(N)c(O[C@H](C)c5c(Cl)ccc(F)c5Cl)c4)ccc3c2C1. The van der Waals surface area contributed by atoms with Gasteiger partial charge in [0, 0.05) is 57.5 Å². The lowest BCUT2D eigenvalue weighted by Gasteiger charge is -2.27. The van der Waals surface area contributed by atoms with Crippen LogP contribution >= 0.6 is 23.2 Å². The quantitative estimate of drug-likeness (QED) is 0.251. The number of amides is 1. The maximum atomic E-state index is 14.0. The number of H-pyrrole nitrogens is 1. The Morgan fingerprint density at radius 1 is 1.16 bits per heavy atom. The minimum absolute atomic E-state index is 0.0927. The molecule has 7 nitrogen and oxygen atoms in total. The number of pyridine rings is 1. The second kappa shape index (κ2) is 10.3. The van der Waals surface area contributed by atoms with E-state index in [1.54, 1.807) is 24.1 Å². The summed E-state index contributed by atoms with van der Waals surface area (Å²) in [5.41, 5.74) is 11.3. The number of benzene rings is 2. The minimum Gasteiger partial charge on any atom is -0.482 e. The molecule has 3 heterocycles. The van der Waals surface area contributed by atoms with Crippen LogP contribution in [0.15, 0.2) is 42.6 Å². The fraction of sp³-hybridized carbons (Fsp3) is 0.286. The number of anilines is 1. The first kappa shape index (κ1) is 26.1. The van der Waals surface area contributed by atoms with E-state index in [1.165, 1.54) is 12.1 Å². The van der Waals surface area contributed by atoms with Gasteiger partial charge in [-0.3, -0.25) is 0 Å². The lowest BCUT2D eigenvalue weighted by Crippen LogP contribution is -2.37. The van der Waals surface area contributed by atoms with E-state index >= 15 is 0 Å². The normalized spacial score (nSPS) is 14.0. The van der Waals surface area contributed by atoms with Crippen molar-refractivity contribution in [2.45, 2.75) is 45.9 Å². The highest BCUT2D eigenvalue weighted by atomic mass is 35.5. The van der Waals surface area contributed by atoms with Crippen molar-refractivity contribution in [3.05, 3.63) is 75.3 Å². The molecular weight excluding hydrogens is 530 g/mol. The Labute approximate surface area is 229 Å². The molecule has 3 N–H and O–H groups in total. The summed E-state index contributed by atoms with van der Waals surface area (Å²) in [6.45, 7) is 6.49. The highest BCUT2D eigenvalue weighted by Gasteiger charge is 2.26. The number of halogens is 3. The largest absolute Gasteiger partial charge is 0.482 e. The Bertz CT molecular complexity index is 1540. The van der Waals surface area contributed by atoms with E-state index in [0.717, 1.165) is 39.7 Å². The number of rotatable bonds is 5. The van der Waals surface area contributed by atoms with Gasteiger partial charge < -0.3 is 25.1 Å². The molecular formula is C28H27Cl2FN4O3. The molecule has 0 saturated heterocycles. The van der Waals surface area contributed by atoms with Crippen molar-refractivity contribution in [2.24, 2.45) is 0 Å². The molecule has 0 bridgehead atoms. The molecule has 2 aromatic heterocycles. The summed E-state index contributed by atoms with van der Waals surface area (Å²) in [4.78, 5) is 22.0. The van der Waals surface area contributed by atoms with E-state index in [2.05, 4.69) is 9.97 Å². The minimum atomic E-state index is -0.673.